The van der Waals surface area contributed by atoms with Crippen molar-refractivity contribution in [1.29, 1.82) is 0 Å². The van der Waals surface area contributed by atoms with E-state index in [4.69, 9.17) is 0 Å². The Labute approximate surface area is 172 Å². The Hall–Kier alpha value is -4.06. The van der Waals surface area contributed by atoms with Crippen LogP contribution in [0.3, 0.4) is 0 Å². The van der Waals surface area contributed by atoms with Crippen molar-refractivity contribution in [1.82, 2.24) is 19.9 Å². The fourth-order valence-electron chi connectivity index (χ4n) is 3.63. The van der Waals surface area contributed by atoms with Gasteiger partial charge < -0.3 is 10.3 Å². The van der Waals surface area contributed by atoms with Gasteiger partial charge in [-0.15, -0.1) is 6.58 Å². The summed E-state index contributed by atoms with van der Waals surface area (Å²) >= 11 is 0. The van der Waals surface area contributed by atoms with Gasteiger partial charge in [0.1, 0.15) is 11.5 Å². The fraction of sp³-hybridized carbons (Fsp3) is 0.0417. The molecule has 4 aromatic heterocycles. The number of halogens is 1. The molecule has 0 fully saturated rings. The number of fused-ring (bicyclic) bond motifs is 3. The van der Waals surface area contributed by atoms with Gasteiger partial charge in [-0.25, -0.2) is 9.37 Å². The van der Waals surface area contributed by atoms with Crippen molar-refractivity contribution in [3.8, 4) is 22.4 Å². The normalized spacial score (nSPS) is 11.1. The third-order valence-electron chi connectivity index (χ3n) is 5.04. The molecule has 0 bridgehead atoms. The van der Waals surface area contributed by atoms with Gasteiger partial charge in [-0.05, 0) is 35.9 Å². The lowest BCUT2D eigenvalue weighted by molar-refractivity contribution is 0.627. The standard InChI is InChI=1S/C24H18FN5/c1-2-9-27-17-7-5-15(6-8-17)22-19(25)13-29-24-23(22)18-11-20(28-14-21(18)30-24)16-4-3-10-26-12-16/h2-8,10-14,27H,1,9H2,(H,29,30). The van der Waals surface area contributed by atoms with E-state index >= 15 is 4.39 Å². The van der Waals surface area contributed by atoms with Crippen LogP contribution in [0.1, 0.15) is 0 Å². The van der Waals surface area contributed by atoms with Crippen molar-refractivity contribution < 1.29 is 4.39 Å². The molecule has 6 heteroatoms. The van der Waals surface area contributed by atoms with Gasteiger partial charge in [-0.1, -0.05) is 18.2 Å². The average Bonchev–Trinajstić information content (AvgIpc) is 3.16. The van der Waals surface area contributed by atoms with Gasteiger partial charge in [-0.2, -0.15) is 0 Å². The third-order valence-corrected chi connectivity index (χ3v) is 5.04. The summed E-state index contributed by atoms with van der Waals surface area (Å²) in [5.41, 5.74) is 5.36. The molecule has 1 aromatic carbocycles. The molecule has 0 saturated carbocycles. The summed E-state index contributed by atoms with van der Waals surface area (Å²) in [6.07, 6.45) is 8.28. The second kappa shape index (κ2) is 7.40. The second-order valence-corrected chi connectivity index (χ2v) is 6.93. The first-order chi connectivity index (χ1) is 14.7. The summed E-state index contributed by atoms with van der Waals surface area (Å²) < 4.78 is 15.0. The smallest absolute Gasteiger partial charge is 0.150 e. The van der Waals surface area contributed by atoms with Crippen molar-refractivity contribution in [3.63, 3.8) is 0 Å². The maximum absolute atomic E-state index is 15.0. The van der Waals surface area contributed by atoms with Crippen LogP contribution in [0.25, 0.3) is 44.3 Å². The maximum atomic E-state index is 15.0. The lowest BCUT2D eigenvalue weighted by Gasteiger charge is -2.08. The number of H-pyrrole nitrogens is 1. The van der Waals surface area contributed by atoms with Crippen molar-refractivity contribution >= 4 is 27.6 Å². The quantitative estimate of drug-likeness (QED) is 0.382. The second-order valence-electron chi connectivity index (χ2n) is 6.93. The molecule has 30 heavy (non-hydrogen) atoms. The van der Waals surface area contributed by atoms with Crippen LogP contribution < -0.4 is 5.32 Å². The number of nitrogens with one attached hydrogen (secondary N) is 2. The minimum Gasteiger partial charge on any atom is -0.382 e. The van der Waals surface area contributed by atoms with Crippen molar-refractivity contribution in [2.75, 3.05) is 11.9 Å². The van der Waals surface area contributed by atoms with E-state index in [1.54, 1.807) is 24.7 Å². The predicted molar refractivity (Wildman–Crippen MR) is 119 cm³/mol. The molecule has 0 atom stereocenters. The highest BCUT2D eigenvalue weighted by atomic mass is 19.1. The molecule has 4 heterocycles. The Morgan fingerprint density at radius 2 is 1.90 bits per heavy atom. The highest BCUT2D eigenvalue weighted by molar-refractivity contribution is 6.13. The zero-order chi connectivity index (χ0) is 20.5. The van der Waals surface area contributed by atoms with E-state index in [9.17, 15) is 0 Å². The zero-order valence-corrected chi connectivity index (χ0v) is 16.1. The zero-order valence-electron chi connectivity index (χ0n) is 16.1. The molecular formula is C24H18FN5. The van der Waals surface area contributed by atoms with Gasteiger partial charge in [0.15, 0.2) is 0 Å². The van der Waals surface area contributed by atoms with Gasteiger partial charge in [0.2, 0.25) is 0 Å². The molecule has 0 aliphatic carbocycles. The number of nitrogens with zero attached hydrogens (tertiary/aromatic N) is 3. The van der Waals surface area contributed by atoms with Gasteiger partial charge in [0, 0.05) is 46.5 Å². The average molecular weight is 395 g/mol. The van der Waals surface area contributed by atoms with Gasteiger partial charge in [-0.3, -0.25) is 9.97 Å². The number of rotatable bonds is 5. The van der Waals surface area contributed by atoms with Crippen LogP contribution in [0.5, 0.6) is 0 Å². The highest BCUT2D eigenvalue weighted by Gasteiger charge is 2.17. The Morgan fingerprint density at radius 1 is 1.03 bits per heavy atom. The monoisotopic (exact) mass is 395 g/mol. The van der Waals surface area contributed by atoms with Gasteiger partial charge in [0.25, 0.3) is 0 Å². The van der Waals surface area contributed by atoms with E-state index in [0.29, 0.717) is 17.8 Å². The number of benzene rings is 1. The molecule has 0 aliphatic heterocycles. The van der Waals surface area contributed by atoms with Crippen molar-refractivity contribution in [2.24, 2.45) is 0 Å². The van der Waals surface area contributed by atoms with Crippen LogP contribution in [0.4, 0.5) is 10.1 Å². The number of hydrogen-bond donors (Lipinski definition) is 2. The Bertz CT molecular complexity index is 1360. The predicted octanol–water partition coefficient (Wildman–Crippen LogP) is 5.58. The maximum Gasteiger partial charge on any atom is 0.150 e. The summed E-state index contributed by atoms with van der Waals surface area (Å²) in [6.45, 7) is 4.37. The molecule has 146 valence electrons. The minimum absolute atomic E-state index is 0.366. The third kappa shape index (κ3) is 3.08. The first-order valence-corrected chi connectivity index (χ1v) is 9.56. The number of anilines is 1. The molecule has 5 nitrogen and oxygen atoms in total. The molecule has 0 saturated heterocycles. The summed E-state index contributed by atoms with van der Waals surface area (Å²) in [6, 6.07) is 13.5. The molecule has 0 unspecified atom stereocenters. The molecule has 0 radical (unpaired) electrons. The van der Waals surface area contributed by atoms with Crippen LogP contribution in [0.2, 0.25) is 0 Å². The van der Waals surface area contributed by atoms with Crippen LogP contribution in [-0.4, -0.2) is 26.5 Å². The number of pyridine rings is 3. The summed E-state index contributed by atoms with van der Waals surface area (Å²) in [4.78, 5) is 16.2. The van der Waals surface area contributed by atoms with E-state index < -0.39 is 0 Å². The lowest BCUT2D eigenvalue weighted by atomic mass is 10.00. The topological polar surface area (TPSA) is 66.5 Å². The molecule has 5 rings (SSSR count). The Kier molecular flexibility index (Phi) is 4.44. The van der Waals surface area contributed by atoms with E-state index in [-0.39, 0.29) is 5.82 Å². The van der Waals surface area contributed by atoms with Crippen LogP contribution >= 0.6 is 0 Å². The minimum atomic E-state index is -0.366. The summed E-state index contributed by atoms with van der Waals surface area (Å²) in [7, 11) is 0. The van der Waals surface area contributed by atoms with E-state index in [0.717, 1.165) is 38.8 Å². The summed E-state index contributed by atoms with van der Waals surface area (Å²) in [5.74, 6) is -0.366. The van der Waals surface area contributed by atoms with E-state index in [1.165, 1.54) is 6.20 Å². The van der Waals surface area contributed by atoms with Gasteiger partial charge >= 0.3 is 0 Å². The van der Waals surface area contributed by atoms with Gasteiger partial charge in [0.05, 0.1) is 23.6 Å². The van der Waals surface area contributed by atoms with Crippen LogP contribution in [-0.2, 0) is 0 Å². The largest absolute Gasteiger partial charge is 0.382 e. The molecular weight excluding hydrogens is 377 g/mol. The summed E-state index contributed by atoms with van der Waals surface area (Å²) in [5, 5.41) is 4.84. The van der Waals surface area contributed by atoms with Crippen LogP contribution in [0.15, 0.2) is 79.9 Å². The Balaban J connectivity index is 1.71. The first kappa shape index (κ1) is 18.0. The fourth-order valence-corrected chi connectivity index (χ4v) is 3.63. The number of aromatic nitrogens is 4. The van der Waals surface area contributed by atoms with Crippen LogP contribution in [0, 0.1) is 5.82 Å². The lowest BCUT2D eigenvalue weighted by Crippen LogP contribution is -1.97. The van der Waals surface area contributed by atoms with E-state index in [1.807, 2.05) is 42.5 Å². The molecule has 2 N–H and O–H groups in total. The van der Waals surface area contributed by atoms with Crippen molar-refractivity contribution in [2.45, 2.75) is 0 Å². The molecule has 0 aliphatic rings. The first-order valence-electron chi connectivity index (χ1n) is 9.56. The Morgan fingerprint density at radius 3 is 2.67 bits per heavy atom. The number of aromatic amines is 1. The number of hydrogen-bond acceptors (Lipinski definition) is 4. The highest BCUT2D eigenvalue weighted by Crippen LogP contribution is 2.36. The molecule has 5 aromatic rings. The molecule has 0 amide bonds. The molecule has 0 spiro atoms. The SMILES string of the molecule is C=CCNc1ccc(-c2c(F)cnc3[nH]c4cnc(-c5cccnc5)cc4c23)cc1. The van der Waals surface area contributed by atoms with Crippen molar-refractivity contribution in [3.05, 3.63) is 85.7 Å². The van der Waals surface area contributed by atoms with E-state index in [2.05, 4.69) is 31.8 Å².